The third kappa shape index (κ3) is 2.99. The number of halogens is 1. The Kier molecular flexibility index (Phi) is 4.40. The number of hydrogen-bond donors (Lipinski definition) is 1. The van der Waals surface area contributed by atoms with Crippen LogP contribution in [-0.4, -0.2) is 6.54 Å². The molecule has 1 nitrogen and oxygen atoms in total. The zero-order valence-electron chi connectivity index (χ0n) is 10.4. The molecule has 1 aliphatic rings. The maximum absolute atomic E-state index is 3.53. The fourth-order valence-electron chi connectivity index (χ4n) is 2.18. The fraction of sp³-hybridized carbons (Fsp3) is 0.571. The molecule has 1 N–H and O–H groups in total. The Hall–Kier alpha value is -0.530. The Morgan fingerprint density at radius 3 is 2.19 bits per heavy atom. The number of hydrogen-bond acceptors (Lipinski definition) is 1. The summed E-state index contributed by atoms with van der Waals surface area (Å²) >= 11 is 0. The van der Waals surface area contributed by atoms with Crippen molar-refractivity contribution in [3.63, 3.8) is 0 Å². The van der Waals surface area contributed by atoms with Crippen LogP contribution in [-0.2, 0) is 5.41 Å². The number of nitrogens with one attached hydrogen (secondary N) is 1. The molecule has 0 radical (unpaired) electrons. The van der Waals surface area contributed by atoms with E-state index in [1.54, 1.807) is 0 Å². The summed E-state index contributed by atoms with van der Waals surface area (Å²) < 4.78 is 0. The predicted molar refractivity (Wildman–Crippen MR) is 72.4 cm³/mol. The molecule has 1 atom stereocenters. The summed E-state index contributed by atoms with van der Waals surface area (Å²) in [5.74, 6) is 0. The zero-order valence-corrected chi connectivity index (χ0v) is 11.2. The molecule has 1 aliphatic heterocycles. The van der Waals surface area contributed by atoms with Crippen LogP contribution in [0.3, 0.4) is 0 Å². The summed E-state index contributed by atoms with van der Waals surface area (Å²) in [5, 5.41) is 3.53. The lowest BCUT2D eigenvalue weighted by Gasteiger charge is -2.20. The van der Waals surface area contributed by atoms with Crippen LogP contribution >= 0.6 is 12.4 Å². The first-order valence-electron chi connectivity index (χ1n) is 5.91. The highest BCUT2D eigenvalue weighted by molar-refractivity contribution is 5.85. The van der Waals surface area contributed by atoms with Gasteiger partial charge in [0.1, 0.15) is 0 Å². The smallest absolute Gasteiger partial charge is 0.0320 e. The lowest BCUT2D eigenvalue weighted by Crippen LogP contribution is -2.14. The molecule has 0 aliphatic carbocycles. The van der Waals surface area contributed by atoms with E-state index in [0.717, 1.165) is 0 Å². The van der Waals surface area contributed by atoms with E-state index in [1.165, 1.54) is 30.5 Å². The molecule has 0 bridgehead atoms. The highest BCUT2D eigenvalue weighted by Crippen LogP contribution is 2.27. The first-order chi connectivity index (χ1) is 7.07. The van der Waals surface area contributed by atoms with Crippen LogP contribution in [0, 0.1) is 0 Å². The molecule has 0 spiro atoms. The summed E-state index contributed by atoms with van der Waals surface area (Å²) in [6, 6.07) is 9.71. The fourth-order valence-corrected chi connectivity index (χ4v) is 2.18. The minimum atomic E-state index is 0. The molecule has 16 heavy (non-hydrogen) atoms. The lowest BCUT2D eigenvalue weighted by atomic mass is 9.86. The largest absolute Gasteiger partial charge is 0.310 e. The van der Waals surface area contributed by atoms with Crippen molar-refractivity contribution in [2.75, 3.05) is 6.54 Å². The maximum atomic E-state index is 3.53. The lowest BCUT2D eigenvalue weighted by molar-refractivity contribution is 0.588. The molecule has 1 fully saturated rings. The summed E-state index contributed by atoms with van der Waals surface area (Å²) in [4.78, 5) is 0. The van der Waals surface area contributed by atoms with Crippen molar-refractivity contribution in [1.29, 1.82) is 0 Å². The number of benzene rings is 1. The van der Waals surface area contributed by atoms with Gasteiger partial charge in [0.2, 0.25) is 0 Å². The molecule has 0 aromatic heterocycles. The summed E-state index contributed by atoms with van der Waals surface area (Å²) in [5.41, 5.74) is 3.13. The van der Waals surface area contributed by atoms with Gasteiger partial charge in [-0.15, -0.1) is 12.4 Å². The van der Waals surface area contributed by atoms with E-state index in [9.17, 15) is 0 Å². The topological polar surface area (TPSA) is 12.0 Å². The van der Waals surface area contributed by atoms with Gasteiger partial charge in [-0.25, -0.2) is 0 Å². The van der Waals surface area contributed by atoms with Crippen LogP contribution in [0.25, 0.3) is 0 Å². The molecule has 0 saturated carbocycles. The van der Waals surface area contributed by atoms with Gasteiger partial charge in [0, 0.05) is 6.04 Å². The zero-order chi connectivity index (χ0) is 10.9. The molecule has 2 heteroatoms. The van der Waals surface area contributed by atoms with Gasteiger partial charge in [-0.3, -0.25) is 0 Å². The summed E-state index contributed by atoms with van der Waals surface area (Å²) in [7, 11) is 0. The molecular weight excluding hydrogens is 218 g/mol. The second-order valence-corrected chi connectivity index (χ2v) is 5.52. The monoisotopic (exact) mass is 239 g/mol. The van der Waals surface area contributed by atoms with Crippen molar-refractivity contribution in [3.8, 4) is 0 Å². The Balaban J connectivity index is 0.00000128. The van der Waals surface area contributed by atoms with Crippen LogP contribution in [0.4, 0.5) is 0 Å². The van der Waals surface area contributed by atoms with Crippen LogP contribution in [0.2, 0.25) is 0 Å². The van der Waals surface area contributed by atoms with E-state index in [4.69, 9.17) is 0 Å². The maximum Gasteiger partial charge on any atom is 0.0320 e. The van der Waals surface area contributed by atoms with E-state index >= 15 is 0 Å². The molecule has 1 saturated heterocycles. The third-order valence-electron chi connectivity index (χ3n) is 3.24. The standard InChI is InChI=1S/C14H21N.ClH/c1-14(2,3)12-8-6-11(7-9-12)13-5-4-10-15-13;/h6-9,13,15H,4-5,10H2,1-3H3;1H. The van der Waals surface area contributed by atoms with Gasteiger partial charge >= 0.3 is 0 Å². The Morgan fingerprint density at radius 1 is 1.12 bits per heavy atom. The van der Waals surface area contributed by atoms with Gasteiger partial charge in [0.05, 0.1) is 0 Å². The van der Waals surface area contributed by atoms with Crippen molar-refractivity contribution >= 4 is 12.4 Å². The molecule has 1 unspecified atom stereocenters. The highest BCUT2D eigenvalue weighted by Gasteiger charge is 2.17. The van der Waals surface area contributed by atoms with E-state index in [0.29, 0.717) is 6.04 Å². The summed E-state index contributed by atoms with van der Waals surface area (Å²) in [6.07, 6.45) is 2.60. The highest BCUT2D eigenvalue weighted by atomic mass is 35.5. The third-order valence-corrected chi connectivity index (χ3v) is 3.24. The average Bonchev–Trinajstić information content (AvgIpc) is 2.69. The molecule has 90 valence electrons. The second-order valence-electron chi connectivity index (χ2n) is 5.52. The van der Waals surface area contributed by atoms with Gasteiger partial charge in [-0.2, -0.15) is 0 Å². The molecule has 1 heterocycles. The van der Waals surface area contributed by atoms with Gasteiger partial charge in [0.25, 0.3) is 0 Å². The first-order valence-corrected chi connectivity index (χ1v) is 5.91. The van der Waals surface area contributed by atoms with E-state index in [1.807, 2.05) is 0 Å². The van der Waals surface area contributed by atoms with Crippen molar-refractivity contribution in [3.05, 3.63) is 35.4 Å². The van der Waals surface area contributed by atoms with Crippen LogP contribution in [0.15, 0.2) is 24.3 Å². The Bertz CT molecular complexity index is 318. The Labute approximate surface area is 105 Å². The predicted octanol–water partition coefficient (Wildman–Crippen LogP) is 3.83. The molecule has 2 rings (SSSR count). The first kappa shape index (κ1) is 13.5. The van der Waals surface area contributed by atoms with Crippen LogP contribution in [0.5, 0.6) is 0 Å². The minimum absolute atomic E-state index is 0. The SMILES string of the molecule is CC(C)(C)c1ccc(C2CCCN2)cc1.Cl. The van der Waals surface area contributed by atoms with Gasteiger partial charge in [0.15, 0.2) is 0 Å². The minimum Gasteiger partial charge on any atom is -0.310 e. The van der Waals surface area contributed by atoms with E-state index in [2.05, 4.69) is 50.4 Å². The van der Waals surface area contributed by atoms with Crippen LogP contribution < -0.4 is 5.32 Å². The van der Waals surface area contributed by atoms with Crippen molar-refractivity contribution in [2.45, 2.75) is 45.1 Å². The van der Waals surface area contributed by atoms with Crippen molar-refractivity contribution in [1.82, 2.24) is 5.32 Å². The summed E-state index contributed by atoms with van der Waals surface area (Å²) in [6.45, 7) is 7.95. The van der Waals surface area contributed by atoms with Crippen LogP contribution in [0.1, 0.15) is 50.8 Å². The normalized spacial score (nSPS) is 20.6. The molecular formula is C14H22ClN. The quantitative estimate of drug-likeness (QED) is 0.786. The van der Waals surface area contributed by atoms with E-state index < -0.39 is 0 Å². The van der Waals surface area contributed by atoms with Crippen molar-refractivity contribution < 1.29 is 0 Å². The Morgan fingerprint density at radius 2 is 1.75 bits per heavy atom. The average molecular weight is 240 g/mol. The second kappa shape index (κ2) is 5.20. The number of rotatable bonds is 1. The molecule has 0 amide bonds. The van der Waals surface area contributed by atoms with Gasteiger partial charge < -0.3 is 5.32 Å². The molecule has 1 aromatic carbocycles. The molecule has 1 aromatic rings. The van der Waals surface area contributed by atoms with Gasteiger partial charge in [-0.05, 0) is 35.9 Å². The van der Waals surface area contributed by atoms with Gasteiger partial charge in [-0.1, -0.05) is 45.0 Å². The van der Waals surface area contributed by atoms with Crippen molar-refractivity contribution in [2.24, 2.45) is 0 Å². The van der Waals surface area contributed by atoms with E-state index in [-0.39, 0.29) is 17.8 Å².